The van der Waals surface area contributed by atoms with Crippen LogP contribution in [0.2, 0.25) is 0 Å². The molecule has 1 aliphatic rings. The average molecular weight is 448 g/mol. The van der Waals surface area contributed by atoms with Gasteiger partial charge in [-0.1, -0.05) is 42.5 Å². The topological polar surface area (TPSA) is 94.7 Å². The molecule has 0 bridgehead atoms. The minimum absolute atomic E-state index is 0.0744. The predicted molar refractivity (Wildman–Crippen MR) is 126 cm³/mol. The van der Waals surface area contributed by atoms with Crippen LogP contribution in [-0.2, 0) is 27.3 Å². The van der Waals surface area contributed by atoms with E-state index in [1.54, 1.807) is 11.6 Å². The summed E-state index contributed by atoms with van der Waals surface area (Å²) in [6.45, 7) is 2.62. The molecule has 0 radical (unpaired) electrons. The van der Waals surface area contributed by atoms with Gasteiger partial charge in [-0.3, -0.25) is 19.7 Å². The Morgan fingerprint density at radius 3 is 2.67 bits per heavy atom. The SMILES string of the molecule is O=C(C=Cc1ccc(CN(CCOC(=O)C2CC2)CCc2c[nH]c3ccccc23)cc1)NO. The monoisotopic (exact) mass is 447 g/mol. The Labute approximate surface area is 193 Å². The summed E-state index contributed by atoms with van der Waals surface area (Å²) in [6, 6.07) is 16.2. The number of carbonyl (C=O) groups is 2. The largest absolute Gasteiger partial charge is 0.464 e. The van der Waals surface area contributed by atoms with Crippen LogP contribution in [0.1, 0.15) is 29.5 Å². The lowest BCUT2D eigenvalue weighted by Gasteiger charge is -2.22. The fourth-order valence-electron chi connectivity index (χ4n) is 3.80. The van der Waals surface area contributed by atoms with Crippen molar-refractivity contribution in [3.63, 3.8) is 0 Å². The number of nitrogens with one attached hydrogen (secondary N) is 2. The highest BCUT2D eigenvalue weighted by Crippen LogP contribution is 2.30. The molecule has 33 heavy (non-hydrogen) atoms. The number of hydrogen-bond acceptors (Lipinski definition) is 5. The number of hydroxylamine groups is 1. The standard InChI is InChI=1S/C26H29N3O4/c30-25(28-32)12-9-19-5-7-20(8-6-19)18-29(15-16-33-26(31)21-10-11-21)14-13-22-17-27-24-4-2-1-3-23(22)24/h1-9,12,17,21,27,32H,10-11,13-16,18H2,(H,28,30). The van der Waals surface area contributed by atoms with Gasteiger partial charge in [0.2, 0.25) is 0 Å². The molecule has 1 heterocycles. The van der Waals surface area contributed by atoms with Gasteiger partial charge in [-0.2, -0.15) is 0 Å². The molecule has 3 aromatic rings. The van der Waals surface area contributed by atoms with E-state index in [9.17, 15) is 9.59 Å². The number of hydrogen-bond donors (Lipinski definition) is 3. The highest BCUT2D eigenvalue weighted by atomic mass is 16.5. The molecule has 1 fully saturated rings. The smallest absolute Gasteiger partial charge is 0.308 e. The third kappa shape index (κ3) is 6.54. The molecule has 172 valence electrons. The third-order valence-electron chi connectivity index (χ3n) is 5.86. The zero-order chi connectivity index (χ0) is 23.0. The van der Waals surface area contributed by atoms with E-state index in [2.05, 4.69) is 34.3 Å². The van der Waals surface area contributed by atoms with Crippen molar-refractivity contribution < 1.29 is 19.5 Å². The van der Waals surface area contributed by atoms with Crippen LogP contribution in [0.5, 0.6) is 0 Å². The number of esters is 1. The fraction of sp³-hybridized carbons (Fsp3) is 0.308. The molecule has 1 amide bonds. The van der Waals surface area contributed by atoms with Gasteiger partial charge < -0.3 is 9.72 Å². The molecule has 1 saturated carbocycles. The number of carbonyl (C=O) groups excluding carboxylic acids is 2. The summed E-state index contributed by atoms with van der Waals surface area (Å²) in [5, 5.41) is 9.82. The van der Waals surface area contributed by atoms with Crippen molar-refractivity contribution in [1.82, 2.24) is 15.4 Å². The lowest BCUT2D eigenvalue weighted by Crippen LogP contribution is -2.30. The van der Waals surface area contributed by atoms with Gasteiger partial charge >= 0.3 is 5.97 Å². The first kappa shape index (κ1) is 22.8. The number of nitrogens with zero attached hydrogens (tertiary/aromatic N) is 1. The molecular formula is C26H29N3O4. The van der Waals surface area contributed by atoms with E-state index in [1.165, 1.54) is 17.0 Å². The zero-order valence-corrected chi connectivity index (χ0v) is 18.5. The summed E-state index contributed by atoms with van der Waals surface area (Å²) in [6.07, 6.45) is 7.77. The van der Waals surface area contributed by atoms with Crippen LogP contribution < -0.4 is 5.48 Å². The Hall–Kier alpha value is -3.42. The summed E-state index contributed by atoms with van der Waals surface area (Å²) in [7, 11) is 0. The molecule has 1 aromatic heterocycles. The normalized spacial score (nSPS) is 13.6. The van der Waals surface area contributed by atoms with Crippen LogP contribution in [-0.4, -0.2) is 46.7 Å². The first-order valence-corrected chi connectivity index (χ1v) is 11.3. The quantitative estimate of drug-likeness (QED) is 0.180. The van der Waals surface area contributed by atoms with Crippen molar-refractivity contribution in [1.29, 1.82) is 0 Å². The van der Waals surface area contributed by atoms with Crippen molar-refractivity contribution >= 4 is 28.9 Å². The summed E-state index contributed by atoms with van der Waals surface area (Å²) in [4.78, 5) is 28.7. The Morgan fingerprint density at radius 2 is 1.91 bits per heavy atom. The number of fused-ring (bicyclic) bond motifs is 1. The number of aromatic nitrogens is 1. The molecular weight excluding hydrogens is 418 g/mol. The molecule has 1 aliphatic carbocycles. The summed E-state index contributed by atoms with van der Waals surface area (Å²) in [5.41, 5.74) is 5.98. The van der Waals surface area contributed by atoms with Crippen molar-refractivity contribution in [2.24, 2.45) is 5.92 Å². The van der Waals surface area contributed by atoms with E-state index < -0.39 is 5.91 Å². The lowest BCUT2D eigenvalue weighted by molar-refractivity contribution is -0.145. The van der Waals surface area contributed by atoms with Gasteiger partial charge in [0.15, 0.2) is 0 Å². The Bertz CT molecular complexity index is 1120. The zero-order valence-electron chi connectivity index (χ0n) is 18.5. The molecule has 4 rings (SSSR count). The number of amides is 1. The van der Waals surface area contributed by atoms with Crippen molar-refractivity contribution in [2.75, 3.05) is 19.7 Å². The van der Waals surface area contributed by atoms with Gasteiger partial charge in [0.1, 0.15) is 6.61 Å². The number of aromatic amines is 1. The number of benzene rings is 2. The Morgan fingerprint density at radius 1 is 1.12 bits per heavy atom. The van der Waals surface area contributed by atoms with Gasteiger partial charge in [0.05, 0.1) is 5.92 Å². The first-order chi connectivity index (χ1) is 16.1. The van der Waals surface area contributed by atoms with Crippen molar-refractivity contribution in [3.05, 3.63) is 77.5 Å². The summed E-state index contributed by atoms with van der Waals surface area (Å²) >= 11 is 0. The van der Waals surface area contributed by atoms with Crippen LogP contribution >= 0.6 is 0 Å². The van der Waals surface area contributed by atoms with E-state index in [4.69, 9.17) is 9.94 Å². The average Bonchev–Trinajstić information content (AvgIpc) is 3.62. The molecule has 7 nitrogen and oxygen atoms in total. The fourth-order valence-corrected chi connectivity index (χ4v) is 3.80. The van der Waals surface area contributed by atoms with Crippen LogP contribution in [0, 0.1) is 5.92 Å². The van der Waals surface area contributed by atoms with Gasteiger partial charge in [-0.25, -0.2) is 5.48 Å². The van der Waals surface area contributed by atoms with Gasteiger partial charge in [-0.05, 0) is 48.1 Å². The Kier molecular flexibility index (Phi) is 7.55. The second kappa shape index (κ2) is 10.9. The molecule has 0 unspecified atom stereocenters. The van der Waals surface area contributed by atoms with Crippen LogP contribution in [0.25, 0.3) is 17.0 Å². The van der Waals surface area contributed by atoms with Gasteiger partial charge in [-0.15, -0.1) is 0 Å². The first-order valence-electron chi connectivity index (χ1n) is 11.3. The van der Waals surface area contributed by atoms with E-state index in [-0.39, 0.29) is 11.9 Å². The molecule has 0 spiro atoms. The molecule has 2 aromatic carbocycles. The third-order valence-corrected chi connectivity index (χ3v) is 5.86. The Balaban J connectivity index is 1.38. The second-order valence-corrected chi connectivity index (χ2v) is 8.38. The highest BCUT2D eigenvalue weighted by molar-refractivity contribution is 5.90. The number of H-pyrrole nitrogens is 1. The van der Waals surface area contributed by atoms with Crippen molar-refractivity contribution in [3.8, 4) is 0 Å². The molecule has 0 atom stereocenters. The maximum Gasteiger partial charge on any atom is 0.308 e. The minimum atomic E-state index is -0.566. The minimum Gasteiger partial charge on any atom is -0.464 e. The van der Waals surface area contributed by atoms with Gasteiger partial charge in [0, 0.05) is 42.8 Å². The molecule has 3 N–H and O–H groups in total. The second-order valence-electron chi connectivity index (χ2n) is 8.38. The van der Waals surface area contributed by atoms with Crippen LogP contribution in [0.15, 0.2) is 60.8 Å². The highest BCUT2D eigenvalue weighted by Gasteiger charge is 2.31. The maximum absolute atomic E-state index is 11.9. The maximum atomic E-state index is 11.9. The molecule has 7 heteroatoms. The molecule has 0 aliphatic heterocycles. The number of para-hydroxylation sites is 1. The van der Waals surface area contributed by atoms with E-state index >= 15 is 0 Å². The van der Waals surface area contributed by atoms with Gasteiger partial charge in [0.25, 0.3) is 5.91 Å². The lowest BCUT2D eigenvalue weighted by atomic mass is 10.1. The molecule has 0 saturated heterocycles. The van der Waals surface area contributed by atoms with Crippen LogP contribution in [0.3, 0.4) is 0 Å². The number of rotatable bonds is 11. The summed E-state index contributed by atoms with van der Waals surface area (Å²) in [5.74, 6) is -0.531. The van der Waals surface area contributed by atoms with E-state index in [0.717, 1.165) is 49.0 Å². The number of ether oxygens (including phenoxy) is 1. The van der Waals surface area contributed by atoms with E-state index in [0.29, 0.717) is 13.2 Å². The summed E-state index contributed by atoms with van der Waals surface area (Å²) < 4.78 is 5.47. The van der Waals surface area contributed by atoms with Crippen molar-refractivity contribution in [2.45, 2.75) is 25.8 Å². The van der Waals surface area contributed by atoms with Crippen LogP contribution in [0.4, 0.5) is 0 Å². The predicted octanol–water partition coefficient (Wildman–Crippen LogP) is 3.68. The van der Waals surface area contributed by atoms with E-state index in [1.807, 2.05) is 30.3 Å².